The van der Waals surface area contributed by atoms with Crippen molar-refractivity contribution in [2.24, 2.45) is 5.92 Å². The number of nitrogens with zero attached hydrogens (tertiary/aromatic N) is 3. The third-order valence-corrected chi connectivity index (χ3v) is 6.66. The van der Waals surface area contributed by atoms with Crippen molar-refractivity contribution >= 4 is 11.8 Å². The number of hydrogen-bond donors (Lipinski definition) is 1. The standard InChI is InChI=1S/C24H29FN4O3/c1-3-15(4-2)24(32)29-12-5-6-20(29)21-26-19-14-28(13-11-18(19)22(30)27-21)23(31)16-7-9-17(25)10-8-16/h7-10,15,20H,3-6,11-14H2,1-2H3,(H,26,27,30)/t20-/m1/s1. The van der Waals surface area contributed by atoms with Crippen LogP contribution in [0.15, 0.2) is 29.1 Å². The van der Waals surface area contributed by atoms with Gasteiger partial charge in [-0.1, -0.05) is 13.8 Å². The second-order valence-electron chi connectivity index (χ2n) is 8.56. The lowest BCUT2D eigenvalue weighted by atomic mass is 10.0. The minimum Gasteiger partial charge on any atom is -0.332 e. The topological polar surface area (TPSA) is 86.4 Å². The summed E-state index contributed by atoms with van der Waals surface area (Å²) in [6.07, 6.45) is 3.60. The number of nitrogens with one attached hydrogen (secondary N) is 1. The summed E-state index contributed by atoms with van der Waals surface area (Å²) < 4.78 is 13.2. The highest BCUT2D eigenvalue weighted by molar-refractivity contribution is 5.94. The van der Waals surface area contributed by atoms with Crippen molar-refractivity contribution in [3.8, 4) is 0 Å². The predicted octanol–water partition coefficient (Wildman–Crippen LogP) is 3.21. The molecule has 2 aliphatic rings. The Morgan fingerprint density at radius 3 is 2.59 bits per heavy atom. The molecule has 1 saturated heterocycles. The monoisotopic (exact) mass is 440 g/mol. The van der Waals surface area contributed by atoms with E-state index in [1.165, 1.54) is 24.3 Å². The van der Waals surface area contributed by atoms with E-state index in [0.29, 0.717) is 42.2 Å². The molecule has 2 aliphatic heterocycles. The molecule has 8 heteroatoms. The lowest BCUT2D eigenvalue weighted by molar-refractivity contribution is -0.136. The van der Waals surface area contributed by atoms with Gasteiger partial charge < -0.3 is 14.8 Å². The van der Waals surface area contributed by atoms with Crippen molar-refractivity contribution in [2.45, 2.75) is 58.5 Å². The van der Waals surface area contributed by atoms with Gasteiger partial charge in [-0.2, -0.15) is 0 Å². The average molecular weight is 441 g/mol. The number of rotatable bonds is 5. The minimum atomic E-state index is -0.396. The van der Waals surface area contributed by atoms with Gasteiger partial charge in [0.2, 0.25) is 5.91 Å². The van der Waals surface area contributed by atoms with Gasteiger partial charge in [-0.15, -0.1) is 0 Å². The molecule has 1 aromatic carbocycles. The van der Waals surface area contributed by atoms with Crippen molar-refractivity contribution in [3.05, 3.63) is 63.1 Å². The van der Waals surface area contributed by atoms with E-state index in [1.807, 2.05) is 18.7 Å². The van der Waals surface area contributed by atoms with Gasteiger partial charge in [-0.25, -0.2) is 9.37 Å². The van der Waals surface area contributed by atoms with Crippen LogP contribution in [-0.2, 0) is 17.8 Å². The Morgan fingerprint density at radius 2 is 1.91 bits per heavy atom. The van der Waals surface area contributed by atoms with Crippen LogP contribution in [0, 0.1) is 11.7 Å². The molecule has 0 radical (unpaired) electrons. The number of carbonyl (C=O) groups is 2. The molecule has 7 nitrogen and oxygen atoms in total. The van der Waals surface area contributed by atoms with Gasteiger partial charge >= 0.3 is 0 Å². The van der Waals surface area contributed by atoms with Crippen LogP contribution in [0.3, 0.4) is 0 Å². The number of H-pyrrole nitrogens is 1. The maximum Gasteiger partial charge on any atom is 0.254 e. The first-order valence-electron chi connectivity index (χ1n) is 11.4. The third kappa shape index (κ3) is 4.18. The zero-order valence-electron chi connectivity index (χ0n) is 18.6. The fourth-order valence-electron chi connectivity index (χ4n) is 4.75. The van der Waals surface area contributed by atoms with Crippen molar-refractivity contribution < 1.29 is 14.0 Å². The number of aromatic nitrogens is 2. The van der Waals surface area contributed by atoms with E-state index < -0.39 is 5.82 Å². The van der Waals surface area contributed by atoms with Crippen molar-refractivity contribution in [3.63, 3.8) is 0 Å². The first-order valence-corrected chi connectivity index (χ1v) is 11.4. The summed E-state index contributed by atoms with van der Waals surface area (Å²) in [5.74, 6) is -0.0190. The molecule has 1 atom stereocenters. The number of likely N-dealkylation sites (tertiary alicyclic amines) is 1. The van der Waals surface area contributed by atoms with Gasteiger partial charge in [0.15, 0.2) is 0 Å². The molecule has 0 unspecified atom stereocenters. The van der Waals surface area contributed by atoms with Crippen LogP contribution in [0.4, 0.5) is 4.39 Å². The molecule has 2 aromatic rings. The number of fused-ring (bicyclic) bond motifs is 1. The van der Waals surface area contributed by atoms with Gasteiger partial charge in [-0.3, -0.25) is 14.4 Å². The maximum atomic E-state index is 13.2. The fourth-order valence-corrected chi connectivity index (χ4v) is 4.75. The molecular weight excluding hydrogens is 411 g/mol. The highest BCUT2D eigenvalue weighted by Gasteiger charge is 2.35. The Kier molecular flexibility index (Phi) is 6.39. The second-order valence-corrected chi connectivity index (χ2v) is 8.56. The van der Waals surface area contributed by atoms with Crippen LogP contribution in [-0.4, -0.2) is 44.7 Å². The van der Waals surface area contributed by atoms with E-state index in [0.717, 1.165) is 25.7 Å². The van der Waals surface area contributed by atoms with E-state index in [1.54, 1.807) is 4.90 Å². The molecule has 170 valence electrons. The molecule has 1 N–H and O–H groups in total. The van der Waals surface area contributed by atoms with Crippen molar-refractivity contribution in [1.29, 1.82) is 0 Å². The normalized spacial score (nSPS) is 18.2. The lowest BCUT2D eigenvalue weighted by Gasteiger charge is -2.30. The highest BCUT2D eigenvalue weighted by Crippen LogP contribution is 2.32. The smallest absolute Gasteiger partial charge is 0.254 e. The Hall–Kier alpha value is -3.03. The summed E-state index contributed by atoms with van der Waals surface area (Å²) in [7, 11) is 0. The maximum absolute atomic E-state index is 13.2. The molecule has 0 saturated carbocycles. The molecule has 0 bridgehead atoms. The van der Waals surface area contributed by atoms with Crippen LogP contribution in [0.5, 0.6) is 0 Å². The van der Waals surface area contributed by atoms with E-state index in [9.17, 15) is 18.8 Å². The van der Waals surface area contributed by atoms with Crippen LogP contribution < -0.4 is 5.56 Å². The molecule has 3 heterocycles. The number of amides is 2. The molecule has 0 aliphatic carbocycles. The third-order valence-electron chi connectivity index (χ3n) is 6.66. The Labute approximate surface area is 186 Å². The minimum absolute atomic E-state index is 0.0243. The van der Waals surface area contributed by atoms with Gasteiger partial charge in [0.25, 0.3) is 11.5 Å². The molecule has 0 spiro atoms. The Bertz CT molecular complexity index is 1060. The van der Waals surface area contributed by atoms with Crippen molar-refractivity contribution in [1.82, 2.24) is 19.8 Å². The second kappa shape index (κ2) is 9.22. The van der Waals surface area contributed by atoms with E-state index >= 15 is 0 Å². The average Bonchev–Trinajstić information content (AvgIpc) is 3.29. The molecule has 4 rings (SSSR count). The Balaban J connectivity index is 1.59. The van der Waals surface area contributed by atoms with Crippen LogP contribution in [0.2, 0.25) is 0 Å². The van der Waals surface area contributed by atoms with Crippen LogP contribution in [0.25, 0.3) is 0 Å². The number of aromatic amines is 1. The summed E-state index contributed by atoms with van der Waals surface area (Å²) >= 11 is 0. The van der Waals surface area contributed by atoms with Crippen LogP contribution in [0.1, 0.15) is 73.0 Å². The number of carbonyl (C=O) groups excluding carboxylic acids is 2. The zero-order chi connectivity index (χ0) is 22.8. The van der Waals surface area contributed by atoms with Crippen molar-refractivity contribution in [2.75, 3.05) is 13.1 Å². The van der Waals surface area contributed by atoms with Gasteiger partial charge in [0, 0.05) is 30.1 Å². The van der Waals surface area contributed by atoms with E-state index in [4.69, 9.17) is 4.98 Å². The van der Waals surface area contributed by atoms with Gasteiger partial charge in [0.05, 0.1) is 18.3 Å². The fraction of sp³-hybridized carbons (Fsp3) is 0.500. The van der Waals surface area contributed by atoms with E-state index in [-0.39, 0.29) is 35.9 Å². The molecular formula is C24H29FN4O3. The predicted molar refractivity (Wildman–Crippen MR) is 117 cm³/mol. The summed E-state index contributed by atoms with van der Waals surface area (Å²) in [5.41, 5.74) is 1.37. The summed E-state index contributed by atoms with van der Waals surface area (Å²) in [5, 5.41) is 0. The molecule has 1 aromatic heterocycles. The number of hydrogen-bond acceptors (Lipinski definition) is 4. The molecule has 2 amide bonds. The first-order chi connectivity index (χ1) is 15.4. The van der Waals surface area contributed by atoms with E-state index in [2.05, 4.69) is 4.98 Å². The Morgan fingerprint density at radius 1 is 1.19 bits per heavy atom. The largest absolute Gasteiger partial charge is 0.332 e. The number of halogens is 1. The SMILES string of the molecule is CCC(CC)C(=O)N1CCC[C@@H]1c1nc2c(c(=O)[nH]1)CCN(C(=O)c1ccc(F)cc1)C2. The summed E-state index contributed by atoms with van der Waals surface area (Å²) in [6.45, 7) is 5.31. The van der Waals surface area contributed by atoms with Gasteiger partial charge in [0.1, 0.15) is 11.6 Å². The highest BCUT2D eigenvalue weighted by atomic mass is 19.1. The molecule has 32 heavy (non-hydrogen) atoms. The summed E-state index contributed by atoms with van der Waals surface area (Å²) in [4.78, 5) is 49.8. The molecule has 1 fully saturated rings. The lowest BCUT2D eigenvalue weighted by Crippen LogP contribution is -2.41. The van der Waals surface area contributed by atoms with Crippen LogP contribution >= 0.6 is 0 Å². The first kappa shape index (κ1) is 22.2. The van der Waals surface area contributed by atoms with Gasteiger partial charge in [-0.05, 0) is 56.4 Å². The summed E-state index contributed by atoms with van der Waals surface area (Å²) in [6, 6.07) is 5.20. The quantitative estimate of drug-likeness (QED) is 0.774. The number of benzene rings is 1. The zero-order valence-corrected chi connectivity index (χ0v) is 18.6.